The molecule has 22 heteroatoms. The first-order valence-corrected chi connectivity index (χ1v) is 22.3. The third-order valence-electron chi connectivity index (χ3n) is 9.33. The molecule has 0 atom stereocenters. The van der Waals surface area contributed by atoms with Gasteiger partial charge in [0, 0.05) is 37.1 Å². The Kier molecular flexibility index (Phi) is 13.9. The highest BCUT2D eigenvalue weighted by Crippen LogP contribution is 2.35. The standard InChI is InChI=1S/C20H25N5O6S.C19H24N4O5S/c1-4-5-8-25-20(28)16(18(27)17(23-25)11(2)3)19-22-13-7-6-12(31-10-15(21)26)9-14(13)32(29,30)24-19;1-5-6-9-23-19(25)15(17(24)16(21-23)11(2)3)18-20-13-8-7-12(28-4)10-14(13)29(26,27)22-18/h6-7,9,11,27H,4-5,8,10H2,1-3H3,(H2,21,26)(H,22,24);7-8,10-11,24H,5-6,9H2,1-4H3,(H,20,22). The topological polar surface area (TPSA) is 289 Å². The van der Waals surface area contributed by atoms with Crippen molar-refractivity contribution in [3.8, 4) is 23.0 Å². The highest BCUT2D eigenvalue weighted by atomic mass is 32.2. The Morgan fingerprint density at radius 3 is 1.52 bits per heavy atom. The van der Waals surface area contributed by atoms with Gasteiger partial charge in [-0.2, -0.15) is 27.0 Å². The number of rotatable bonds is 14. The van der Waals surface area contributed by atoms with Crippen LogP contribution in [-0.2, 0) is 37.9 Å². The summed E-state index contributed by atoms with van der Waals surface area (Å²) in [5.41, 5.74) is 4.29. The minimum atomic E-state index is -4.25. The van der Waals surface area contributed by atoms with Crippen LogP contribution in [0.5, 0.6) is 23.0 Å². The normalized spacial score (nSPS) is 14.6. The van der Waals surface area contributed by atoms with Gasteiger partial charge in [0.05, 0.1) is 18.5 Å². The van der Waals surface area contributed by atoms with Gasteiger partial charge >= 0.3 is 0 Å². The molecule has 0 saturated carbocycles. The number of carbonyl (C=O) groups excluding carboxylic acids is 1. The first-order chi connectivity index (χ1) is 28.7. The van der Waals surface area contributed by atoms with Crippen molar-refractivity contribution >= 4 is 49.0 Å². The quantitative estimate of drug-likeness (QED) is 0.121. The fourth-order valence-corrected chi connectivity index (χ4v) is 8.43. The van der Waals surface area contributed by atoms with E-state index in [1.807, 2.05) is 27.7 Å². The van der Waals surface area contributed by atoms with E-state index in [0.717, 1.165) is 19.3 Å². The Labute approximate surface area is 352 Å². The number of primary amides is 1. The van der Waals surface area contributed by atoms with E-state index < -0.39 is 49.4 Å². The van der Waals surface area contributed by atoms with Gasteiger partial charge in [0.15, 0.2) is 29.8 Å². The molecule has 2 aromatic carbocycles. The summed E-state index contributed by atoms with van der Waals surface area (Å²) in [5, 5.41) is 35.7. The Morgan fingerprint density at radius 1 is 0.738 bits per heavy atom. The molecule has 0 fully saturated rings. The first-order valence-electron chi connectivity index (χ1n) is 19.4. The number of hydrogen-bond donors (Lipinski definition) is 5. The summed E-state index contributed by atoms with van der Waals surface area (Å²) in [6, 6.07) is 8.52. The molecular formula is C39H49N9O11S2. The Bertz CT molecular complexity index is 2760. The smallest absolute Gasteiger partial charge is 0.286 e. The number of nitrogens with one attached hydrogen (secondary N) is 2. The summed E-state index contributed by atoms with van der Waals surface area (Å²) in [7, 11) is -6.92. The molecule has 6 N–H and O–H groups in total. The molecule has 0 spiro atoms. The summed E-state index contributed by atoms with van der Waals surface area (Å²) in [6.07, 6.45) is 3.08. The molecular weight excluding hydrogens is 835 g/mol. The maximum absolute atomic E-state index is 13.1. The van der Waals surface area contributed by atoms with Crippen LogP contribution in [0.4, 0.5) is 11.4 Å². The zero-order valence-electron chi connectivity index (χ0n) is 34.7. The van der Waals surface area contributed by atoms with Crippen molar-refractivity contribution in [1.29, 1.82) is 0 Å². The number of aromatic hydroxyl groups is 2. The summed E-state index contributed by atoms with van der Waals surface area (Å²) in [6.45, 7) is 11.5. The van der Waals surface area contributed by atoms with Gasteiger partial charge in [0.25, 0.3) is 37.1 Å². The summed E-state index contributed by atoms with van der Waals surface area (Å²) >= 11 is 0. The Hall–Kier alpha value is -6.29. The van der Waals surface area contributed by atoms with Crippen LogP contribution < -0.4 is 37.0 Å². The highest BCUT2D eigenvalue weighted by molar-refractivity contribution is 7.91. The molecule has 0 bridgehead atoms. The van der Waals surface area contributed by atoms with Gasteiger partial charge in [-0.05, 0) is 37.1 Å². The van der Waals surface area contributed by atoms with Crippen LogP contribution in [0.1, 0.15) is 102 Å². The van der Waals surface area contributed by atoms with E-state index in [0.29, 0.717) is 31.0 Å². The first kappa shape index (κ1) is 45.8. The van der Waals surface area contributed by atoms with Gasteiger partial charge in [-0.3, -0.25) is 14.4 Å². The molecule has 328 valence electrons. The van der Waals surface area contributed by atoms with Crippen molar-refractivity contribution in [2.75, 3.05) is 24.4 Å². The minimum absolute atomic E-state index is 0.0652. The summed E-state index contributed by atoms with van der Waals surface area (Å²) < 4.78 is 71.4. The lowest BCUT2D eigenvalue weighted by Crippen LogP contribution is -2.34. The van der Waals surface area contributed by atoms with Crippen molar-refractivity contribution in [3.63, 3.8) is 0 Å². The second-order valence-corrected chi connectivity index (χ2v) is 17.8. The third kappa shape index (κ3) is 9.86. The number of aromatic nitrogens is 4. The number of sulfonamides is 2. The second kappa shape index (κ2) is 18.5. The minimum Gasteiger partial charge on any atom is -0.505 e. The average Bonchev–Trinajstić information content (AvgIpc) is 3.19. The number of amides is 1. The fraction of sp³-hybridized carbons (Fsp3) is 0.410. The number of unbranched alkanes of at least 4 members (excludes halogenated alkanes) is 2. The molecule has 4 heterocycles. The zero-order valence-corrected chi connectivity index (χ0v) is 36.3. The SMILES string of the molecule is CCCCn1nc(C(C)C)c(O)c(C2=NS(=O)(=O)c3cc(OC)ccc3N2)c1=O.CCCCn1nc(C(C)C)c(O)c(C2=NS(=O)(=O)c3cc(OCC(N)=O)ccc3N2)c1=O. The number of nitrogens with two attached hydrogens (primary N) is 1. The predicted molar refractivity (Wildman–Crippen MR) is 227 cm³/mol. The molecule has 61 heavy (non-hydrogen) atoms. The predicted octanol–water partition coefficient (Wildman–Crippen LogP) is 3.74. The number of aryl methyl sites for hydroxylation is 2. The summed E-state index contributed by atoms with van der Waals surface area (Å²) in [5.74, 6) is -1.93. The van der Waals surface area contributed by atoms with Crippen LogP contribution in [0, 0.1) is 0 Å². The van der Waals surface area contributed by atoms with E-state index in [1.165, 1.54) is 46.8 Å². The maximum atomic E-state index is 13.1. The van der Waals surface area contributed by atoms with Gasteiger partial charge in [-0.25, -0.2) is 9.36 Å². The van der Waals surface area contributed by atoms with Crippen LogP contribution in [0.15, 0.2) is 64.6 Å². The highest BCUT2D eigenvalue weighted by Gasteiger charge is 2.33. The molecule has 4 aromatic rings. The van der Waals surface area contributed by atoms with Gasteiger partial charge in [-0.15, -0.1) is 8.80 Å². The Balaban J connectivity index is 0.000000232. The van der Waals surface area contributed by atoms with Crippen LogP contribution in [-0.4, -0.2) is 77.9 Å². The maximum Gasteiger partial charge on any atom is 0.286 e. The van der Waals surface area contributed by atoms with E-state index in [2.05, 4.69) is 29.6 Å². The van der Waals surface area contributed by atoms with E-state index in [9.17, 15) is 41.4 Å². The van der Waals surface area contributed by atoms with Crippen molar-refractivity contribution in [2.45, 2.75) is 102 Å². The number of fused-ring (bicyclic) bond motifs is 2. The number of benzene rings is 2. The van der Waals surface area contributed by atoms with Gasteiger partial charge in [0.2, 0.25) is 0 Å². The van der Waals surface area contributed by atoms with Crippen LogP contribution in [0.3, 0.4) is 0 Å². The number of carbonyl (C=O) groups is 1. The largest absolute Gasteiger partial charge is 0.505 e. The number of hydrogen-bond acceptors (Lipinski definition) is 15. The molecule has 0 unspecified atom stereocenters. The molecule has 0 saturated heterocycles. The van der Waals surface area contributed by atoms with Crippen molar-refractivity contribution < 1.29 is 41.3 Å². The lowest BCUT2D eigenvalue weighted by atomic mass is 10.1. The number of ether oxygens (including phenoxy) is 2. The van der Waals surface area contributed by atoms with Gasteiger partial charge in [-0.1, -0.05) is 54.4 Å². The van der Waals surface area contributed by atoms with Gasteiger partial charge in [0.1, 0.15) is 43.8 Å². The third-order valence-corrected chi connectivity index (χ3v) is 12.0. The van der Waals surface area contributed by atoms with E-state index in [-0.39, 0.29) is 73.0 Å². The molecule has 0 aliphatic carbocycles. The number of methoxy groups -OCH3 is 1. The van der Waals surface area contributed by atoms with Crippen LogP contribution in [0.25, 0.3) is 0 Å². The zero-order chi connectivity index (χ0) is 45.0. The van der Waals surface area contributed by atoms with Crippen molar-refractivity contribution in [2.24, 2.45) is 14.5 Å². The van der Waals surface area contributed by atoms with Gasteiger partial charge < -0.3 is 36.1 Å². The molecule has 2 aliphatic rings. The van der Waals surface area contributed by atoms with Crippen LogP contribution >= 0.6 is 0 Å². The molecule has 2 aliphatic heterocycles. The number of amidine groups is 2. The molecule has 6 rings (SSSR count). The van der Waals surface area contributed by atoms with E-state index in [1.54, 1.807) is 19.9 Å². The Morgan fingerprint density at radius 2 is 1.15 bits per heavy atom. The number of nitrogens with zero attached hydrogens (tertiary/aromatic N) is 6. The monoisotopic (exact) mass is 883 g/mol. The van der Waals surface area contributed by atoms with Crippen molar-refractivity contribution in [3.05, 3.63) is 79.6 Å². The lowest BCUT2D eigenvalue weighted by Gasteiger charge is -2.21. The van der Waals surface area contributed by atoms with E-state index >= 15 is 0 Å². The fourth-order valence-electron chi connectivity index (χ4n) is 6.15. The second-order valence-electron chi connectivity index (χ2n) is 14.6. The van der Waals surface area contributed by atoms with E-state index in [4.69, 9.17) is 15.2 Å². The lowest BCUT2D eigenvalue weighted by molar-refractivity contribution is -0.119. The number of anilines is 2. The van der Waals surface area contributed by atoms with Crippen molar-refractivity contribution in [1.82, 2.24) is 19.6 Å². The molecule has 1 amide bonds. The average molecular weight is 884 g/mol. The summed E-state index contributed by atoms with van der Waals surface area (Å²) in [4.78, 5) is 36.7. The van der Waals surface area contributed by atoms with Crippen LogP contribution in [0.2, 0.25) is 0 Å². The molecule has 2 aromatic heterocycles. The molecule has 0 radical (unpaired) electrons. The molecule has 20 nitrogen and oxygen atoms in total.